The molecule has 0 aliphatic carbocycles. The van der Waals surface area contributed by atoms with Crippen molar-refractivity contribution < 1.29 is 23.8 Å². The first-order valence-corrected chi connectivity index (χ1v) is 11.6. The molecule has 4 rings (SSSR count). The highest BCUT2D eigenvalue weighted by Gasteiger charge is 2.16. The van der Waals surface area contributed by atoms with Gasteiger partial charge in [-0.15, -0.1) is 0 Å². The summed E-state index contributed by atoms with van der Waals surface area (Å²) >= 11 is 0. The summed E-state index contributed by atoms with van der Waals surface area (Å²) in [6.45, 7) is 0.481. The first-order chi connectivity index (χ1) is 17.5. The van der Waals surface area contributed by atoms with Crippen molar-refractivity contribution in [1.82, 2.24) is 0 Å². The maximum atomic E-state index is 12.5. The van der Waals surface area contributed by atoms with Gasteiger partial charge in [-0.1, -0.05) is 54.3 Å². The molecule has 1 heterocycles. The smallest absolute Gasteiger partial charge is 0.333 e. The number of hydrogen-bond donors (Lipinski definition) is 1. The second kappa shape index (κ2) is 11.9. The molecule has 0 saturated heterocycles. The van der Waals surface area contributed by atoms with Crippen LogP contribution in [0.2, 0.25) is 0 Å². The molecular formula is C30H26O6. The predicted octanol–water partition coefficient (Wildman–Crippen LogP) is 5.31. The largest absolute Gasteiger partial charge is 0.493 e. The molecule has 0 spiro atoms. The molecule has 0 fully saturated rings. The Morgan fingerprint density at radius 1 is 1.03 bits per heavy atom. The van der Waals surface area contributed by atoms with Crippen molar-refractivity contribution in [1.29, 1.82) is 0 Å². The van der Waals surface area contributed by atoms with Gasteiger partial charge in [-0.25, -0.2) is 4.79 Å². The Hall–Kier alpha value is -4.34. The number of aliphatic carboxylic acids is 1. The summed E-state index contributed by atoms with van der Waals surface area (Å²) in [6.07, 6.45) is 0.854. The van der Waals surface area contributed by atoms with Crippen LogP contribution in [-0.4, -0.2) is 30.9 Å². The zero-order chi connectivity index (χ0) is 25.3. The number of fused-ring (bicyclic) bond motifs is 1. The zero-order valence-corrected chi connectivity index (χ0v) is 19.9. The van der Waals surface area contributed by atoms with Crippen molar-refractivity contribution in [3.63, 3.8) is 0 Å². The van der Waals surface area contributed by atoms with Gasteiger partial charge in [0.2, 0.25) is 0 Å². The molecule has 182 valence electrons. The summed E-state index contributed by atoms with van der Waals surface area (Å²) in [4.78, 5) is 23.6. The number of benzene rings is 3. The van der Waals surface area contributed by atoms with Crippen LogP contribution in [-0.2, 0) is 16.0 Å². The number of carboxylic acid groups (broad SMARTS) is 1. The van der Waals surface area contributed by atoms with E-state index in [2.05, 4.69) is 11.8 Å². The molecule has 6 heteroatoms. The van der Waals surface area contributed by atoms with Gasteiger partial charge in [0.05, 0.1) is 12.0 Å². The van der Waals surface area contributed by atoms with Gasteiger partial charge in [0.15, 0.2) is 11.5 Å². The topological polar surface area (TPSA) is 86.0 Å². The maximum Gasteiger partial charge on any atom is 0.333 e. The van der Waals surface area contributed by atoms with Crippen LogP contribution in [0.25, 0.3) is 22.3 Å². The molecule has 0 aliphatic heterocycles. The number of carboxylic acids is 1. The van der Waals surface area contributed by atoms with Crippen molar-refractivity contribution in [3.8, 4) is 28.9 Å². The molecule has 1 N–H and O–H groups in total. The molecule has 3 aromatic carbocycles. The van der Waals surface area contributed by atoms with Gasteiger partial charge >= 0.3 is 5.97 Å². The lowest BCUT2D eigenvalue weighted by Crippen LogP contribution is -2.24. The minimum atomic E-state index is -0.978. The molecule has 0 amide bonds. The predicted molar refractivity (Wildman–Crippen MR) is 138 cm³/mol. The van der Waals surface area contributed by atoms with Crippen LogP contribution in [0.5, 0.6) is 5.75 Å². The van der Waals surface area contributed by atoms with Crippen LogP contribution in [0.3, 0.4) is 0 Å². The number of ether oxygens (including phenoxy) is 2. The highest BCUT2D eigenvalue weighted by atomic mass is 16.5. The Bertz CT molecular complexity index is 1440. The standard InChI is InChI=1S/C30H26O6/c1-34-29(30(32)33)18-22-13-11-21(12-14-22)8-4-3-7-17-35-24-15-16-25-26(31)20-27(36-28(25)19-24)23-9-5-2-6-10-23/h2,5-6,9-16,19-20,29H,3,7,17-18H2,1H3,(H,32,33)/t29-/m0/s1. The third kappa shape index (κ3) is 6.41. The van der Waals surface area contributed by atoms with E-state index in [0.717, 1.165) is 23.1 Å². The van der Waals surface area contributed by atoms with Crippen LogP contribution in [0.15, 0.2) is 88.1 Å². The number of hydrogen-bond acceptors (Lipinski definition) is 5. The fraction of sp³-hybridized carbons (Fsp3) is 0.200. The molecule has 6 nitrogen and oxygen atoms in total. The summed E-state index contributed by atoms with van der Waals surface area (Å²) < 4.78 is 16.8. The number of carbonyl (C=O) groups is 1. The summed E-state index contributed by atoms with van der Waals surface area (Å²) in [7, 11) is 1.39. The van der Waals surface area contributed by atoms with E-state index < -0.39 is 12.1 Å². The zero-order valence-electron chi connectivity index (χ0n) is 19.9. The van der Waals surface area contributed by atoms with E-state index in [-0.39, 0.29) is 5.43 Å². The average molecular weight is 483 g/mol. The number of unbranched alkanes of at least 4 members (excludes halogenated alkanes) is 1. The van der Waals surface area contributed by atoms with Crippen molar-refractivity contribution in [2.45, 2.75) is 25.4 Å². The third-order valence-electron chi connectivity index (χ3n) is 5.64. The molecule has 0 unspecified atom stereocenters. The van der Waals surface area contributed by atoms with Gasteiger partial charge in [0.1, 0.15) is 17.1 Å². The van der Waals surface area contributed by atoms with Crippen LogP contribution in [0.1, 0.15) is 24.0 Å². The Balaban J connectivity index is 1.30. The van der Waals surface area contributed by atoms with E-state index in [4.69, 9.17) is 19.0 Å². The highest BCUT2D eigenvalue weighted by molar-refractivity contribution is 5.80. The SMILES string of the molecule is CO[C@@H](Cc1ccc(C#CCCCOc2ccc3c(=O)cc(-c4ccccc4)oc3c2)cc1)C(=O)O. The van der Waals surface area contributed by atoms with Crippen LogP contribution < -0.4 is 10.2 Å². The lowest BCUT2D eigenvalue weighted by atomic mass is 10.1. The van der Waals surface area contributed by atoms with Crippen molar-refractivity contribution >= 4 is 16.9 Å². The molecule has 0 aliphatic rings. The quantitative estimate of drug-likeness (QED) is 0.257. The summed E-state index contributed by atoms with van der Waals surface area (Å²) in [5.74, 6) is 6.42. The molecule has 4 aromatic rings. The highest BCUT2D eigenvalue weighted by Crippen LogP contribution is 2.25. The molecule has 0 saturated carbocycles. The first kappa shape index (κ1) is 24.8. The Morgan fingerprint density at radius 2 is 1.81 bits per heavy atom. The number of methoxy groups -OCH3 is 1. The minimum Gasteiger partial charge on any atom is -0.493 e. The van der Waals surface area contributed by atoms with Gasteiger partial charge in [-0.3, -0.25) is 4.79 Å². The van der Waals surface area contributed by atoms with Gasteiger partial charge in [0, 0.05) is 43.2 Å². The lowest BCUT2D eigenvalue weighted by Gasteiger charge is -2.10. The maximum absolute atomic E-state index is 12.5. The van der Waals surface area contributed by atoms with E-state index in [1.165, 1.54) is 13.2 Å². The lowest BCUT2D eigenvalue weighted by molar-refractivity contribution is -0.148. The fourth-order valence-electron chi connectivity index (χ4n) is 3.69. The molecule has 0 radical (unpaired) electrons. The van der Waals surface area contributed by atoms with Gasteiger partial charge in [-0.2, -0.15) is 0 Å². The molecule has 0 bridgehead atoms. The van der Waals surface area contributed by atoms with Crippen molar-refractivity contribution in [2.24, 2.45) is 0 Å². The van der Waals surface area contributed by atoms with Crippen molar-refractivity contribution in [2.75, 3.05) is 13.7 Å². The third-order valence-corrected chi connectivity index (χ3v) is 5.64. The monoisotopic (exact) mass is 482 g/mol. The second-order valence-corrected chi connectivity index (χ2v) is 8.22. The minimum absolute atomic E-state index is 0.0923. The Morgan fingerprint density at radius 3 is 2.53 bits per heavy atom. The van der Waals surface area contributed by atoms with Crippen molar-refractivity contribution in [3.05, 3.63) is 100 Å². The summed E-state index contributed by atoms with van der Waals surface area (Å²) in [6, 6.07) is 23.7. The van der Waals surface area contributed by atoms with Crippen LogP contribution in [0.4, 0.5) is 0 Å². The van der Waals surface area contributed by atoms with E-state index in [1.54, 1.807) is 18.2 Å². The average Bonchev–Trinajstić information content (AvgIpc) is 2.90. The van der Waals surface area contributed by atoms with E-state index in [1.807, 2.05) is 54.6 Å². The summed E-state index contributed by atoms with van der Waals surface area (Å²) in [5, 5.41) is 9.60. The van der Waals surface area contributed by atoms with E-state index >= 15 is 0 Å². The summed E-state index contributed by atoms with van der Waals surface area (Å²) in [5.41, 5.74) is 2.98. The normalized spacial score (nSPS) is 11.5. The van der Waals surface area contributed by atoms with Gasteiger partial charge in [-0.05, 0) is 36.2 Å². The molecule has 36 heavy (non-hydrogen) atoms. The Kier molecular flexibility index (Phi) is 8.17. The van der Waals surface area contributed by atoms with Crippen LogP contribution >= 0.6 is 0 Å². The van der Waals surface area contributed by atoms with Gasteiger partial charge < -0.3 is 19.0 Å². The number of rotatable bonds is 9. The second-order valence-electron chi connectivity index (χ2n) is 8.22. The first-order valence-electron chi connectivity index (χ1n) is 11.6. The van der Waals surface area contributed by atoms with E-state index in [9.17, 15) is 9.59 Å². The Labute approximate surface area is 209 Å². The molecule has 1 aromatic heterocycles. The van der Waals surface area contributed by atoms with E-state index in [0.29, 0.717) is 41.9 Å². The fourth-order valence-corrected chi connectivity index (χ4v) is 3.69. The van der Waals surface area contributed by atoms with Crippen LogP contribution in [0, 0.1) is 11.8 Å². The van der Waals surface area contributed by atoms with Gasteiger partial charge in [0.25, 0.3) is 0 Å². The molecular weight excluding hydrogens is 456 g/mol. The molecule has 1 atom stereocenters.